The van der Waals surface area contributed by atoms with E-state index in [1.54, 1.807) is 0 Å². The van der Waals surface area contributed by atoms with E-state index in [1.807, 2.05) is 70.6 Å². The van der Waals surface area contributed by atoms with Gasteiger partial charge in [0.25, 0.3) is 0 Å². The Morgan fingerprint density at radius 2 is 1.20 bits per heavy atom. The van der Waals surface area contributed by atoms with Crippen LogP contribution < -0.4 is 0 Å². The molecule has 0 saturated carbocycles. The van der Waals surface area contributed by atoms with Crippen molar-refractivity contribution in [3.8, 4) is 0 Å². The van der Waals surface area contributed by atoms with Crippen LogP contribution in [0.25, 0.3) is 0 Å². The number of aliphatic hydroxyl groups is 2. The smallest absolute Gasteiger partial charge is 0.0558 e. The molecule has 2 nitrogen and oxygen atoms in total. The number of thioether (sulfide) groups is 6. The number of hydrogen-bond acceptors (Lipinski definition) is 8. The van der Waals surface area contributed by atoms with E-state index in [9.17, 15) is 10.2 Å². The highest BCUT2D eigenvalue weighted by Gasteiger charge is 2.32. The molecule has 3 rings (SSSR count). The quantitative estimate of drug-likeness (QED) is 0.312. The Labute approximate surface area is 208 Å². The standard InChI is InChI=1S/C22H34O2S6/c1-3-15(21-27-13-19(9-23)29-21)11-25-17-5-7-18(8-6-17)26-12-16(4-2)22-28-14-20(10-24)30-22/h5-8,15-16,19-24H,3-4,9-14H2,1-2H3. The number of rotatable bonds is 12. The third kappa shape index (κ3) is 7.64. The van der Waals surface area contributed by atoms with Gasteiger partial charge in [0.1, 0.15) is 0 Å². The summed E-state index contributed by atoms with van der Waals surface area (Å²) >= 11 is 12.0. The average molecular weight is 523 g/mol. The van der Waals surface area contributed by atoms with E-state index in [4.69, 9.17) is 0 Å². The molecule has 0 aromatic heterocycles. The van der Waals surface area contributed by atoms with Gasteiger partial charge in [-0.05, 0) is 36.1 Å². The highest BCUT2D eigenvalue weighted by molar-refractivity contribution is 8.21. The van der Waals surface area contributed by atoms with Crippen LogP contribution >= 0.6 is 70.6 Å². The van der Waals surface area contributed by atoms with Gasteiger partial charge in [0.15, 0.2) is 0 Å². The van der Waals surface area contributed by atoms with Crippen molar-refractivity contribution in [2.45, 2.75) is 56.1 Å². The van der Waals surface area contributed by atoms with Gasteiger partial charge in [0.05, 0.1) is 22.4 Å². The first-order valence-corrected chi connectivity index (χ1v) is 16.7. The summed E-state index contributed by atoms with van der Waals surface area (Å²) in [7, 11) is 0. The Bertz CT molecular complexity index is 563. The number of aliphatic hydroxyl groups excluding tert-OH is 2. The van der Waals surface area contributed by atoms with Gasteiger partial charge in [-0.25, -0.2) is 0 Å². The maximum absolute atomic E-state index is 9.40. The van der Waals surface area contributed by atoms with Gasteiger partial charge < -0.3 is 10.2 Å². The van der Waals surface area contributed by atoms with Crippen molar-refractivity contribution in [1.82, 2.24) is 0 Å². The highest BCUT2D eigenvalue weighted by Crippen LogP contribution is 2.45. The summed E-state index contributed by atoms with van der Waals surface area (Å²) in [5, 5.41) is 19.7. The van der Waals surface area contributed by atoms with Crippen molar-refractivity contribution in [2.75, 3.05) is 36.2 Å². The Morgan fingerprint density at radius 3 is 1.50 bits per heavy atom. The predicted octanol–water partition coefficient (Wildman–Crippen LogP) is 6.26. The average Bonchev–Trinajstić information content (AvgIpc) is 3.45. The van der Waals surface area contributed by atoms with Crippen molar-refractivity contribution in [2.24, 2.45) is 11.8 Å². The molecule has 2 aliphatic heterocycles. The summed E-state index contributed by atoms with van der Waals surface area (Å²) in [6, 6.07) is 9.14. The van der Waals surface area contributed by atoms with Gasteiger partial charge >= 0.3 is 0 Å². The van der Waals surface area contributed by atoms with Crippen LogP contribution in [0, 0.1) is 11.8 Å². The lowest BCUT2D eigenvalue weighted by atomic mass is 10.1. The number of benzene rings is 1. The molecule has 1 aromatic carbocycles. The molecule has 2 N–H and O–H groups in total. The van der Waals surface area contributed by atoms with E-state index in [-0.39, 0.29) is 0 Å². The zero-order valence-corrected chi connectivity index (χ0v) is 22.7. The molecule has 2 aliphatic rings. The number of hydrogen-bond donors (Lipinski definition) is 2. The van der Waals surface area contributed by atoms with Crippen LogP contribution in [-0.2, 0) is 0 Å². The molecule has 0 aliphatic carbocycles. The first-order chi connectivity index (χ1) is 14.7. The van der Waals surface area contributed by atoms with Crippen LogP contribution in [0.3, 0.4) is 0 Å². The van der Waals surface area contributed by atoms with Gasteiger partial charge in [-0.1, -0.05) is 26.7 Å². The van der Waals surface area contributed by atoms with Crippen LogP contribution in [0.15, 0.2) is 34.1 Å². The topological polar surface area (TPSA) is 40.5 Å². The van der Waals surface area contributed by atoms with E-state index >= 15 is 0 Å². The van der Waals surface area contributed by atoms with Crippen molar-refractivity contribution < 1.29 is 10.2 Å². The molecule has 6 atom stereocenters. The second-order valence-corrected chi connectivity index (χ2v) is 15.7. The van der Waals surface area contributed by atoms with Gasteiger partial charge in [-0.2, -0.15) is 0 Å². The molecule has 2 heterocycles. The van der Waals surface area contributed by atoms with Gasteiger partial charge in [-0.3, -0.25) is 0 Å². The molecule has 30 heavy (non-hydrogen) atoms. The molecule has 2 fully saturated rings. The SMILES string of the molecule is CCC(CSc1ccc(SCC(CC)C2SCC(CO)S2)cc1)C1SCC(CO)S1. The van der Waals surface area contributed by atoms with Crippen molar-refractivity contribution >= 4 is 70.6 Å². The Hall–Kier alpha value is 1.24. The Morgan fingerprint density at radius 1 is 0.800 bits per heavy atom. The largest absolute Gasteiger partial charge is 0.395 e. The van der Waals surface area contributed by atoms with Crippen molar-refractivity contribution in [1.29, 1.82) is 0 Å². The first-order valence-electron chi connectivity index (χ1n) is 10.8. The predicted molar refractivity (Wildman–Crippen MR) is 145 cm³/mol. The van der Waals surface area contributed by atoms with E-state index in [0.717, 1.165) is 23.0 Å². The lowest BCUT2D eigenvalue weighted by Crippen LogP contribution is -2.15. The molecule has 0 amide bonds. The van der Waals surface area contributed by atoms with E-state index in [2.05, 4.69) is 38.1 Å². The fraction of sp³-hybridized carbons (Fsp3) is 0.727. The molecule has 1 aromatic rings. The van der Waals surface area contributed by atoms with Gasteiger partial charge in [-0.15, -0.1) is 70.6 Å². The summed E-state index contributed by atoms with van der Waals surface area (Å²) < 4.78 is 1.27. The third-order valence-corrected chi connectivity index (χ3v) is 15.2. The molecule has 170 valence electrons. The summed E-state index contributed by atoms with van der Waals surface area (Å²) in [5.41, 5.74) is 0. The summed E-state index contributed by atoms with van der Waals surface area (Å²) in [5.74, 6) is 5.90. The minimum atomic E-state index is 0.315. The highest BCUT2D eigenvalue weighted by atomic mass is 32.2. The molecule has 6 unspecified atom stereocenters. The summed E-state index contributed by atoms with van der Waals surface area (Å²) in [6.07, 6.45) is 2.41. The summed E-state index contributed by atoms with van der Waals surface area (Å²) in [6.45, 7) is 5.23. The second-order valence-electron chi connectivity index (χ2n) is 7.71. The lowest BCUT2D eigenvalue weighted by molar-refractivity contribution is 0.301. The molecule has 2 saturated heterocycles. The van der Waals surface area contributed by atoms with E-state index in [0.29, 0.717) is 44.7 Å². The monoisotopic (exact) mass is 522 g/mol. The molecule has 0 bridgehead atoms. The van der Waals surface area contributed by atoms with Crippen molar-refractivity contribution in [3.63, 3.8) is 0 Å². The zero-order chi connectivity index (χ0) is 21.3. The first kappa shape index (κ1) is 25.9. The van der Waals surface area contributed by atoms with Gasteiger partial charge in [0.2, 0.25) is 0 Å². The minimum Gasteiger partial charge on any atom is -0.395 e. The van der Waals surface area contributed by atoms with E-state index in [1.165, 1.54) is 22.6 Å². The van der Waals surface area contributed by atoms with E-state index < -0.39 is 0 Å². The zero-order valence-electron chi connectivity index (χ0n) is 17.8. The minimum absolute atomic E-state index is 0.315. The van der Waals surface area contributed by atoms with Gasteiger partial charge in [0, 0.05) is 43.3 Å². The fourth-order valence-corrected chi connectivity index (χ4v) is 13.5. The molecule has 8 heteroatoms. The van der Waals surface area contributed by atoms with Crippen LogP contribution in [0.4, 0.5) is 0 Å². The molecular formula is C22H34O2S6. The Kier molecular flexibility index (Phi) is 11.9. The van der Waals surface area contributed by atoms with Crippen LogP contribution in [0.5, 0.6) is 0 Å². The maximum atomic E-state index is 9.40. The lowest BCUT2D eigenvalue weighted by Gasteiger charge is -2.21. The van der Waals surface area contributed by atoms with Crippen LogP contribution in [-0.4, -0.2) is 66.1 Å². The van der Waals surface area contributed by atoms with Crippen molar-refractivity contribution in [3.05, 3.63) is 24.3 Å². The normalized spacial score (nSPS) is 28.7. The Balaban J connectivity index is 1.43. The van der Waals surface area contributed by atoms with Crippen LogP contribution in [0.1, 0.15) is 26.7 Å². The third-order valence-electron chi connectivity index (χ3n) is 5.52. The maximum Gasteiger partial charge on any atom is 0.0558 e. The molecule has 0 radical (unpaired) electrons. The molecular weight excluding hydrogens is 489 g/mol. The fourth-order valence-electron chi connectivity index (χ4n) is 3.44. The summed E-state index contributed by atoms with van der Waals surface area (Å²) in [4.78, 5) is 2.73. The second kappa shape index (κ2) is 13.8. The van der Waals surface area contributed by atoms with Crippen LogP contribution in [0.2, 0.25) is 0 Å². The molecule has 0 spiro atoms.